The molecule has 3 N–H and O–H groups in total. The van der Waals surface area contributed by atoms with Gasteiger partial charge in [0.15, 0.2) is 5.65 Å². The molecule has 0 saturated carbocycles. The van der Waals surface area contributed by atoms with Crippen LogP contribution >= 0.6 is 11.8 Å². The lowest BCUT2D eigenvalue weighted by atomic mass is 10.1. The number of aromatic nitrogens is 4. The zero-order valence-electron chi connectivity index (χ0n) is 14.7. The molecule has 8 heteroatoms. The number of fused-ring (bicyclic) bond motifs is 1. The summed E-state index contributed by atoms with van der Waals surface area (Å²) in [4.78, 5) is 25.4. The summed E-state index contributed by atoms with van der Waals surface area (Å²) in [5, 5.41) is 6.66. The average Bonchev–Trinajstić information content (AvgIpc) is 3.29. The summed E-state index contributed by atoms with van der Waals surface area (Å²) in [5.74, 6) is 1.16. The monoisotopic (exact) mass is 370 g/mol. The number of nitrogens with one attached hydrogen (secondary N) is 3. The second kappa shape index (κ2) is 7.51. The Bertz CT molecular complexity index is 960. The fraction of sp³-hybridized carbons (Fsp3) is 0.389. The fourth-order valence-electron chi connectivity index (χ4n) is 3.31. The molecule has 0 spiro atoms. The number of hydrogen-bond acceptors (Lipinski definition) is 6. The Kier molecular flexibility index (Phi) is 4.94. The van der Waals surface area contributed by atoms with Gasteiger partial charge in [-0.15, -0.1) is 11.8 Å². The van der Waals surface area contributed by atoms with Crippen molar-refractivity contribution in [2.24, 2.45) is 5.92 Å². The van der Waals surface area contributed by atoms with E-state index in [-0.39, 0.29) is 5.69 Å². The maximum absolute atomic E-state index is 12.4. The summed E-state index contributed by atoms with van der Waals surface area (Å²) >= 11 is 1.68. The van der Waals surface area contributed by atoms with Gasteiger partial charge < -0.3 is 15.6 Å². The van der Waals surface area contributed by atoms with Gasteiger partial charge in [-0.2, -0.15) is 4.98 Å². The number of hydrogen-bond donors (Lipinski definition) is 3. The summed E-state index contributed by atoms with van der Waals surface area (Å²) in [6, 6.07) is 8.12. The lowest BCUT2D eigenvalue weighted by molar-refractivity contribution is 0.613. The number of H-pyrrole nitrogens is 1. The largest absolute Gasteiger partial charge is 0.354 e. The van der Waals surface area contributed by atoms with Crippen molar-refractivity contribution in [3.63, 3.8) is 0 Å². The third-order valence-electron chi connectivity index (χ3n) is 4.74. The summed E-state index contributed by atoms with van der Waals surface area (Å²) in [6.07, 6.45) is 4.88. The summed E-state index contributed by atoms with van der Waals surface area (Å²) < 4.78 is 1.67. The number of nitrogens with zero attached hydrogens (tertiary/aromatic N) is 3. The highest BCUT2D eigenvalue weighted by Crippen LogP contribution is 2.21. The van der Waals surface area contributed by atoms with Crippen molar-refractivity contribution in [2.45, 2.75) is 17.9 Å². The zero-order valence-corrected chi connectivity index (χ0v) is 15.5. The molecule has 1 fully saturated rings. The van der Waals surface area contributed by atoms with Gasteiger partial charge in [-0.25, -0.2) is 9.78 Å². The van der Waals surface area contributed by atoms with Crippen LogP contribution in [0.4, 0.5) is 5.95 Å². The Morgan fingerprint density at radius 1 is 1.38 bits per heavy atom. The second-order valence-corrected chi connectivity index (χ2v) is 7.35. The molecule has 0 amide bonds. The van der Waals surface area contributed by atoms with Crippen molar-refractivity contribution >= 4 is 28.9 Å². The predicted octanol–water partition coefficient (Wildman–Crippen LogP) is 1.91. The molecule has 4 rings (SSSR count). The van der Waals surface area contributed by atoms with E-state index in [4.69, 9.17) is 0 Å². The number of thioether (sulfide) groups is 1. The van der Waals surface area contributed by atoms with Gasteiger partial charge in [0.25, 0.3) is 0 Å². The third-order valence-corrected chi connectivity index (χ3v) is 5.58. The molecule has 0 unspecified atom stereocenters. The van der Waals surface area contributed by atoms with Crippen molar-refractivity contribution in [3.05, 3.63) is 46.5 Å². The third kappa shape index (κ3) is 3.47. The first-order valence-corrected chi connectivity index (χ1v) is 9.99. The van der Waals surface area contributed by atoms with E-state index in [1.54, 1.807) is 22.5 Å². The normalized spacial score (nSPS) is 17.0. The Morgan fingerprint density at radius 2 is 2.27 bits per heavy atom. The van der Waals surface area contributed by atoms with E-state index in [9.17, 15) is 4.79 Å². The fourth-order valence-corrected chi connectivity index (χ4v) is 3.92. The van der Waals surface area contributed by atoms with Crippen molar-refractivity contribution in [1.29, 1.82) is 0 Å². The van der Waals surface area contributed by atoms with Crippen LogP contribution in [0.15, 0.2) is 40.2 Å². The number of imidazole rings is 1. The molecule has 2 aromatic heterocycles. The van der Waals surface area contributed by atoms with Crippen molar-refractivity contribution in [3.8, 4) is 0 Å². The molecule has 7 nitrogen and oxygen atoms in total. The highest BCUT2D eigenvalue weighted by molar-refractivity contribution is 7.98. The van der Waals surface area contributed by atoms with Crippen LogP contribution in [0.5, 0.6) is 0 Å². The lowest BCUT2D eigenvalue weighted by Crippen LogP contribution is -2.19. The molecule has 1 aliphatic heterocycles. The molecule has 3 heterocycles. The van der Waals surface area contributed by atoms with Gasteiger partial charge in [-0.05, 0) is 43.3 Å². The molecule has 26 heavy (non-hydrogen) atoms. The molecule has 0 radical (unpaired) electrons. The number of aromatic amines is 1. The highest BCUT2D eigenvalue weighted by Gasteiger charge is 2.16. The van der Waals surface area contributed by atoms with Crippen LogP contribution in [0.2, 0.25) is 0 Å². The van der Waals surface area contributed by atoms with Gasteiger partial charge in [0, 0.05) is 11.4 Å². The Balaban J connectivity index is 1.62. The maximum atomic E-state index is 12.4. The van der Waals surface area contributed by atoms with Crippen molar-refractivity contribution < 1.29 is 0 Å². The summed E-state index contributed by atoms with van der Waals surface area (Å²) in [5.41, 5.74) is 2.23. The van der Waals surface area contributed by atoms with Crippen LogP contribution in [0.3, 0.4) is 0 Å². The molecular weight excluding hydrogens is 348 g/mol. The first-order valence-electron chi connectivity index (χ1n) is 8.76. The molecule has 1 aromatic carbocycles. The maximum Gasteiger partial charge on any atom is 0.328 e. The zero-order chi connectivity index (χ0) is 17.9. The standard InChI is InChI=1S/C18H22N6OS/c1-26-15-5-3-2-4-13(15)11-24-16-14(22-18(24)25)10-21-17(23-16)20-9-12-6-7-19-8-12/h2-5,10,12,19H,6-9,11H2,1H3,(H,22,25)(H,20,21,23)/t12-/m1/s1. The Hall–Kier alpha value is -2.32. The second-order valence-electron chi connectivity index (χ2n) is 6.50. The van der Waals surface area contributed by atoms with Crippen LogP contribution in [-0.2, 0) is 6.54 Å². The summed E-state index contributed by atoms with van der Waals surface area (Å²) in [6.45, 7) is 3.41. The highest BCUT2D eigenvalue weighted by atomic mass is 32.2. The van der Waals surface area contributed by atoms with Gasteiger partial charge in [-0.3, -0.25) is 4.57 Å². The van der Waals surface area contributed by atoms with E-state index >= 15 is 0 Å². The number of rotatable bonds is 6. The van der Waals surface area contributed by atoms with Crippen molar-refractivity contribution in [2.75, 3.05) is 31.2 Å². The molecule has 0 bridgehead atoms. The van der Waals surface area contributed by atoms with Crippen LogP contribution in [-0.4, -0.2) is 45.4 Å². The SMILES string of the molecule is CSc1ccccc1Cn1c(=O)[nH]c2cnc(NC[C@@H]3CCNC3)nc21. The predicted molar refractivity (Wildman–Crippen MR) is 105 cm³/mol. The topological polar surface area (TPSA) is 87.6 Å². The van der Waals surface area contributed by atoms with Gasteiger partial charge in [0.05, 0.1) is 12.7 Å². The van der Waals surface area contributed by atoms with Crippen LogP contribution < -0.4 is 16.3 Å². The van der Waals surface area contributed by atoms with Crippen LogP contribution in [0.1, 0.15) is 12.0 Å². The van der Waals surface area contributed by atoms with Crippen LogP contribution in [0.25, 0.3) is 11.2 Å². The smallest absolute Gasteiger partial charge is 0.328 e. The Morgan fingerprint density at radius 3 is 3.08 bits per heavy atom. The minimum absolute atomic E-state index is 0.164. The molecule has 136 valence electrons. The first kappa shape index (κ1) is 17.1. The molecule has 1 saturated heterocycles. The van der Waals surface area contributed by atoms with E-state index in [0.29, 0.717) is 29.6 Å². The van der Waals surface area contributed by atoms with Gasteiger partial charge in [0.1, 0.15) is 5.52 Å². The molecule has 0 aliphatic carbocycles. The van der Waals surface area contributed by atoms with E-state index in [1.165, 1.54) is 0 Å². The quantitative estimate of drug-likeness (QED) is 0.575. The minimum Gasteiger partial charge on any atom is -0.354 e. The summed E-state index contributed by atoms with van der Waals surface area (Å²) in [7, 11) is 0. The van der Waals surface area contributed by atoms with Gasteiger partial charge in [0.2, 0.25) is 5.95 Å². The molecule has 1 aliphatic rings. The van der Waals surface area contributed by atoms with E-state index < -0.39 is 0 Å². The molecular formula is C18H22N6OS. The van der Waals surface area contributed by atoms with Crippen molar-refractivity contribution in [1.82, 2.24) is 24.8 Å². The molecule has 1 atom stereocenters. The van der Waals surface area contributed by atoms with Gasteiger partial charge >= 0.3 is 5.69 Å². The van der Waals surface area contributed by atoms with Gasteiger partial charge in [-0.1, -0.05) is 18.2 Å². The van der Waals surface area contributed by atoms with E-state index in [2.05, 4.69) is 31.7 Å². The van der Waals surface area contributed by atoms with Crippen LogP contribution in [0, 0.1) is 5.92 Å². The number of anilines is 1. The van der Waals surface area contributed by atoms with E-state index in [0.717, 1.165) is 36.5 Å². The molecule has 3 aromatic rings. The van der Waals surface area contributed by atoms with E-state index in [1.807, 2.05) is 24.5 Å². The lowest BCUT2D eigenvalue weighted by Gasteiger charge is -2.10. The number of benzene rings is 1. The average molecular weight is 370 g/mol. The Labute approximate surface area is 155 Å². The minimum atomic E-state index is -0.164. The first-order chi connectivity index (χ1) is 12.7.